The van der Waals surface area contributed by atoms with Gasteiger partial charge in [0, 0.05) is 10.4 Å². The molecular weight excluding hydrogens is 338 g/mol. The van der Waals surface area contributed by atoms with Crippen molar-refractivity contribution in [3.63, 3.8) is 0 Å². The standard InChI is InChI=1S/C14H10BrClF2O/c15-12-5-4-10(6-9(12)7-16)19-8-11-13(17)2-1-3-14(11)18/h1-6H,7-8H2. The molecule has 0 aliphatic rings. The summed E-state index contributed by atoms with van der Waals surface area (Å²) in [5.41, 5.74) is 0.769. The number of ether oxygens (including phenoxy) is 1. The van der Waals surface area contributed by atoms with Gasteiger partial charge >= 0.3 is 0 Å². The van der Waals surface area contributed by atoms with Gasteiger partial charge in [-0.15, -0.1) is 11.6 Å². The maximum absolute atomic E-state index is 13.4. The lowest BCUT2D eigenvalue weighted by molar-refractivity contribution is 0.292. The molecule has 2 aromatic rings. The van der Waals surface area contributed by atoms with Gasteiger partial charge in [0.05, 0.1) is 5.56 Å². The maximum Gasteiger partial charge on any atom is 0.132 e. The molecule has 0 aliphatic carbocycles. The molecule has 0 saturated carbocycles. The van der Waals surface area contributed by atoms with Crippen LogP contribution in [0.4, 0.5) is 8.78 Å². The molecule has 2 rings (SSSR count). The van der Waals surface area contributed by atoms with Crippen LogP contribution < -0.4 is 4.74 Å². The van der Waals surface area contributed by atoms with Gasteiger partial charge in [0.2, 0.25) is 0 Å². The first-order chi connectivity index (χ1) is 9.11. The Hall–Kier alpha value is -1.13. The molecule has 0 aliphatic heterocycles. The number of benzene rings is 2. The molecule has 0 saturated heterocycles. The van der Waals surface area contributed by atoms with Crippen LogP contribution in [0.3, 0.4) is 0 Å². The first-order valence-electron chi connectivity index (χ1n) is 5.52. The zero-order chi connectivity index (χ0) is 13.8. The Bertz CT molecular complexity index is 569. The number of halogens is 4. The second-order valence-electron chi connectivity index (χ2n) is 3.88. The fourth-order valence-electron chi connectivity index (χ4n) is 1.57. The summed E-state index contributed by atoms with van der Waals surface area (Å²) in [7, 11) is 0. The van der Waals surface area contributed by atoms with Crippen LogP contribution in [-0.2, 0) is 12.5 Å². The minimum Gasteiger partial charge on any atom is -0.489 e. The molecule has 0 N–H and O–H groups in total. The predicted molar refractivity (Wildman–Crippen MR) is 74.4 cm³/mol. The predicted octanol–water partition coefficient (Wildman–Crippen LogP) is 5.05. The SMILES string of the molecule is Fc1cccc(F)c1COc1ccc(Br)c(CCl)c1. The van der Waals surface area contributed by atoms with Crippen molar-refractivity contribution in [1.29, 1.82) is 0 Å². The van der Waals surface area contributed by atoms with E-state index in [4.69, 9.17) is 16.3 Å². The first kappa shape index (κ1) is 14.3. The Labute approximate surface area is 123 Å². The van der Waals surface area contributed by atoms with Gasteiger partial charge in [0.15, 0.2) is 0 Å². The Kier molecular flexibility index (Phi) is 4.77. The highest BCUT2D eigenvalue weighted by atomic mass is 79.9. The number of hydrogen-bond donors (Lipinski definition) is 0. The van der Waals surface area contributed by atoms with E-state index in [1.807, 2.05) is 0 Å². The smallest absolute Gasteiger partial charge is 0.132 e. The Morgan fingerprint density at radius 2 is 1.79 bits per heavy atom. The third-order valence-electron chi connectivity index (χ3n) is 2.61. The quantitative estimate of drug-likeness (QED) is 0.704. The van der Waals surface area contributed by atoms with E-state index in [2.05, 4.69) is 15.9 Å². The second-order valence-corrected chi connectivity index (χ2v) is 5.00. The summed E-state index contributed by atoms with van der Waals surface area (Å²) in [6.45, 7) is -0.165. The van der Waals surface area contributed by atoms with Gasteiger partial charge in [-0.2, -0.15) is 0 Å². The van der Waals surface area contributed by atoms with E-state index in [1.54, 1.807) is 18.2 Å². The lowest BCUT2D eigenvalue weighted by atomic mass is 10.2. The van der Waals surface area contributed by atoms with Crippen molar-refractivity contribution in [2.45, 2.75) is 12.5 Å². The van der Waals surface area contributed by atoms with E-state index >= 15 is 0 Å². The van der Waals surface area contributed by atoms with E-state index in [1.165, 1.54) is 18.2 Å². The fourth-order valence-corrected chi connectivity index (χ4v) is 2.34. The van der Waals surface area contributed by atoms with E-state index in [0.29, 0.717) is 11.6 Å². The maximum atomic E-state index is 13.4. The van der Waals surface area contributed by atoms with Crippen molar-refractivity contribution in [3.05, 3.63) is 63.6 Å². The molecule has 5 heteroatoms. The second kappa shape index (κ2) is 6.35. The molecular formula is C14H10BrClF2O. The van der Waals surface area contributed by atoms with E-state index < -0.39 is 11.6 Å². The minimum atomic E-state index is -0.616. The molecule has 0 unspecified atom stereocenters. The fraction of sp³-hybridized carbons (Fsp3) is 0.143. The summed E-state index contributed by atoms with van der Waals surface area (Å²) in [4.78, 5) is 0. The topological polar surface area (TPSA) is 9.23 Å². The van der Waals surface area contributed by atoms with Gasteiger partial charge in [-0.25, -0.2) is 8.78 Å². The average Bonchev–Trinajstić information content (AvgIpc) is 2.40. The van der Waals surface area contributed by atoms with Crippen molar-refractivity contribution in [1.82, 2.24) is 0 Å². The summed E-state index contributed by atoms with van der Waals surface area (Å²) in [6.07, 6.45) is 0. The average molecular weight is 348 g/mol. The van der Waals surface area contributed by atoms with Crippen LogP contribution in [-0.4, -0.2) is 0 Å². The number of alkyl halides is 1. The van der Waals surface area contributed by atoms with Crippen LogP contribution in [0, 0.1) is 11.6 Å². The van der Waals surface area contributed by atoms with Crippen LogP contribution >= 0.6 is 27.5 Å². The molecule has 19 heavy (non-hydrogen) atoms. The highest BCUT2D eigenvalue weighted by Gasteiger charge is 2.09. The Morgan fingerprint density at radius 3 is 2.42 bits per heavy atom. The molecule has 0 fully saturated rings. The number of rotatable bonds is 4. The van der Waals surface area contributed by atoms with Gasteiger partial charge < -0.3 is 4.74 Å². The third kappa shape index (κ3) is 3.45. The van der Waals surface area contributed by atoms with Gasteiger partial charge in [0.25, 0.3) is 0 Å². The molecule has 0 spiro atoms. The number of hydrogen-bond acceptors (Lipinski definition) is 1. The third-order valence-corrected chi connectivity index (χ3v) is 3.67. The monoisotopic (exact) mass is 346 g/mol. The highest BCUT2D eigenvalue weighted by Crippen LogP contribution is 2.25. The summed E-state index contributed by atoms with van der Waals surface area (Å²) >= 11 is 9.12. The largest absolute Gasteiger partial charge is 0.489 e. The molecule has 0 bridgehead atoms. The molecule has 1 nitrogen and oxygen atoms in total. The van der Waals surface area contributed by atoms with Crippen molar-refractivity contribution < 1.29 is 13.5 Å². The first-order valence-corrected chi connectivity index (χ1v) is 6.84. The molecule has 0 atom stereocenters. The van der Waals surface area contributed by atoms with Gasteiger partial charge in [-0.1, -0.05) is 22.0 Å². The van der Waals surface area contributed by atoms with Crippen molar-refractivity contribution >= 4 is 27.5 Å². The lowest BCUT2D eigenvalue weighted by Gasteiger charge is -2.09. The Morgan fingerprint density at radius 1 is 1.11 bits per heavy atom. The van der Waals surface area contributed by atoms with E-state index in [0.717, 1.165) is 10.0 Å². The molecule has 2 aromatic carbocycles. The summed E-state index contributed by atoms with van der Waals surface area (Å²) in [6, 6.07) is 8.94. The van der Waals surface area contributed by atoms with Crippen molar-refractivity contribution in [3.8, 4) is 5.75 Å². The van der Waals surface area contributed by atoms with Gasteiger partial charge in [0.1, 0.15) is 24.0 Å². The van der Waals surface area contributed by atoms with Crippen LogP contribution in [0.1, 0.15) is 11.1 Å². The van der Waals surface area contributed by atoms with Crippen LogP contribution in [0.25, 0.3) is 0 Å². The molecule has 0 radical (unpaired) electrons. The zero-order valence-electron chi connectivity index (χ0n) is 9.80. The van der Waals surface area contributed by atoms with E-state index in [-0.39, 0.29) is 12.2 Å². The summed E-state index contributed by atoms with van der Waals surface area (Å²) in [5, 5.41) is 0. The van der Waals surface area contributed by atoms with Crippen LogP contribution in [0.2, 0.25) is 0 Å². The zero-order valence-corrected chi connectivity index (χ0v) is 12.1. The molecule has 0 amide bonds. The van der Waals surface area contributed by atoms with Crippen molar-refractivity contribution in [2.75, 3.05) is 0 Å². The minimum absolute atomic E-state index is 0.0853. The molecule has 0 heterocycles. The van der Waals surface area contributed by atoms with Crippen LogP contribution in [0.15, 0.2) is 40.9 Å². The van der Waals surface area contributed by atoms with Crippen molar-refractivity contribution in [2.24, 2.45) is 0 Å². The van der Waals surface area contributed by atoms with E-state index in [9.17, 15) is 8.78 Å². The summed E-state index contributed by atoms with van der Waals surface area (Å²) in [5.74, 6) is -0.392. The Balaban J connectivity index is 2.15. The van der Waals surface area contributed by atoms with Gasteiger partial charge in [-0.3, -0.25) is 0 Å². The summed E-state index contributed by atoms with van der Waals surface area (Å²) < 4.78 is 33.1. The van der Waals surface area contributed by atoms with Crippen LogP contribution in [0.5, 0.6) is 5.75 Å². The van der Waals surface area contributed by atoms with Gasteiger partial charge in [-0.05, 0) is 35.9 Å². The molecule has 100 valence electrons. The normalized spacial score (nSPS) is 10.5. The molecule has 0 aromatic heterocycles. The highest BCUT2D eigenvalue weighted by molar-refractivity contribution is 9.10. The lowest BCUT2D eigenvalue weighted by Crippen LogP contribution is -2.02.